The van der Waals surface area contributed by atoms with Gasteiger partial charge in [-0.15, -0.1) is 0 Å². The maximum atomic E-state index is 13.2. The number of H-pyrrole nitrogens is 1. The van der Waals surface area contributed by atoms with Gasteiger partial charge in [-0.3, -0.25) is 14.4 Å². The predicted octanol–water partition coefficient (Wildman–Crippen LogP) is -0.253. The molecule has 3 amide bonds. The van der Waals surface area contributed by atoms with Crippen molar-refractivity contribution < 1.29 is 24.3 Å². The normalized spacial score (nSPS) is 14.5. The number of carboxylic acids is 1. The molecular weight excluding hydrogens is 486 g/mol. The topological polar surface area (TPSA) is 205 Å². The minimum absolute atomic E-state index is 0.0544. The number of rotatable bonds is 18. The molecule has 1 rings (SSSR count). The van der Waals surface area contributed by atoms with E-state index in [1.165, 1.54) is 18.1 Å². The second kappa shape index (κ2) is 16.9. The van der Waals surface area contributed by atoms with Crippen molar-refractivity contribution in [3.8, 4) is 0 Å². The summed E-state index contributed by atoms with van der Waals surface area (Å²) in [4.78, 5) is 57.2. The summed E-state index contributed by atoms with van der Waals surface area (Å²) in [5.41, 5.74) is 12.3. The summed E-state index contributed by atoms with van der Waals surface area (Å²) in [5.74, 6) is -2.13. The fraction of sp³-hybridized carbons (Fsp3) is 0.696. The molecule has 36 heavy (non-hydrogen) atoms. The van der Waals surface area contributed by atoms with E-state index in [9.17, 15) is 24.3 Å². The molecular formula is C23H41N7O5S. The highest BCUT2D eigenvalue weighted by Crippen LogP contribution is 2.09. The van der Waals surface area contributed by atoms with Crippen molar-refractivity contribution >= 4 is 35.5 Å². The molecule has 0 bridgehead atoms. The van der Waals surface area contributed by atoms with Crippen molar-refractivity contribution in [2.45, 2.75) is 76.5 Å². The van der Waals surface area contributed by atoms with Gasteiger partial charge < -0.3 is 37.5 Å². The zero-order valence-electron chi connectivity index (χ0n) is 21.3. The first kappa shape index (κ1) is 31.4. The molecule has 13 heteroatoms. The second-order valence-corrected chi connectivity index (χ2v) is 10.1. The van der Waals surface area contributed by atoms with Crippen LogP contribution in [0, 0.1) is 5.92 Å². The van der Waals surface area contributed by atoms with Crippen molar-refractivity contribution in [2.24, 2.45) is 17.4 Å². The molecule has 0 saturated heterocycles. The standard InChI is InChI=1S/C23H41N7O5S/c1-14(2)10-19(23(34)35)30-22(33)18(7-9-36-3)29-21(32)17(6-4-5-8-24)28-20(31)16(25)11-15-12-26-13-27-15/h12-14,16-19H,4-11,24-25H2,1-3H3,(H,26,27)(H,28,31)(H,29,32)(H,30,33)(H,34,35). The van der Waals surface area contributed by atoms with Crippen LogP contribution in [0.3, 0.4) is 0 Å². The second-order valence-electron chi connectivity index (χ2n) is 9.10. The first-order chi connectivity index (χ1) is 17.1. The predicted molar refractivity (Wildman–Crippen MR) is 139 cm³/mol. The number of unbranched alkanes of at least 4 members (excludes halogenated alkanes) is 1. The van der Waals surface area contributed by atoms with Gasteiger partial charge in [0, 0.05) is 18.3 Å². The molecule has 12 nitrogen and oxygen atoms in total. The van der Waals surface area contributed by atoms with Gasteiger partial charge in [0.15, 0.2) is 0 Å². The Bertz CT molecular complexity index is 822. The van der Waals surface area contributed by atoms with Crippen LogP contribution in [0.2, 0.25) is 0 Å². The first-order valence-corrected chi connectivity index (χ1v) is 13.5. The number of aromatic amines is 1. The highest BCUT2D eigenvalue weighted by atomic mass is 32.2. The number of aromatic nitrogens is 2. The Morgan fingerprint density at radius 1 is 1.03 bits per heavy atom. The van der Waals surface area contributed by atoms with Gasteiger partial charge in [0.25, 0.3) is 0 Å². The van der Waals surface area contributed by atoms with Crippen LogP contribution >= 0.6 is 11.8 Å². The van der Waals surface area contributed by atoms with Crippen LogP contribution < -0.4 is 27.4 Å². The molecule has 1 aromatic rings. The lowest BCUT2D eigenvalue weighted by molar-refractivity contribution is -0.142. The van der Waals surface area contributed by atoms with E-state index in [0.29, 0.717) is 43.7 Å². The van der Waals surface area contributed by atoms with Crippen LogP contribution in [0.4, 0.5) is 0 Å². The molecule has 0 aromatic carbocycles. The van der Waals surface area contributed by atoms with Crippen LogP contribution in [0.5, 0.6) is 0 Å². The molecule has 0 radical (unpaired) electrons. The minimum atomic E-state index is -1.13. The summed E-state index contributed by atoms with van der Waals surface area (Å²) in [5, 5.41) is 17.4. The number of carbonyl (C=O) groups excluding carboxylic acids is 3. The summed E-state index contributed by atoms with van der Waals surface area (Å²) in [7, 11) is 0. The van der Waals surface area contributed by atoms with Gasteiger partial charge in [0.2, 0.25) is 17.7 Å². The first-order valence-electron chi connectivity index (χ1n) is 12.1. The molecule has 4 atom stereocenters. The maximum Gasteiger partial charge on any atom is 0.326 e. The molecule has 0 saturated carbocycles. The van der Waals surface area contributed by atoms with Gasteiger partial charge in [0.05, 0.1) is 12.4 Å². The van der Waals surface area contributed by atoms with Crippen LogP contribution in [-0.2, 0) is 25.6 Å². The quantitative estimate of drug-likeness (QED) is 0.125. The molecule has 9 N–H and O–H groups in total. The fourth-order valence-corrected chi connectivity index (χ4v) is 3.98. The highest BCUT2D eigenvalue weighted by Gasteiger charge is 2.30. The molecule has 4 unspecified atom stereocenters. The summed E-state index contributed by atoms with van der Waals surface area (Å²) >= 11 is 1.50. The van der Waals surface area contributed by atoms with Crippen molar-refractivity contribution in [3.63, 3.8) is 0 Å². The molecule has 204 valence electrons. The molecule has 0 aliphatic carbocycles. The zero-order valence-corrected chi connectivity index (χ0v) is 22.1. The monoisotopic (exact) mass is 527 g/mol. The summed E-state index contributed by atoms with van der Waals surface area (Å²) in [6, 6.07) is -3.84. The van der Waals surface area contributed by atoms with Crippen molar-refractivity contribution in [1.82, 2.24) is 25.9 Å². The Morgan fingerprint density at radius 2 is 1.64 bits per heavy atom. The number of hydrogen-bond donors (Lipinski definition) is 7. The van der Waals surface area contributed by atoms with Crippen LogP contribution in [0.25, 0.3) is 0 Å². The maximum absolute atomic E-state index is 13.2. The molecule has 0 spiro atoms. The van der Waals surface area contributed by atoms with E-state index in [1.54, 1.807) is 6.20 Å². The van der Waals surface area contributed by atoms with E-state index < -0.39 is 47.9 Å². The number of imidazole rings is 1. The van der Waals surface area contributed by atoms with Gasteiger partial charge in [-0.25, -0.2) is 9.78 Å². The number of hydrogen-bond acceptors (Lipinski definition) is 8. The largest absolute Gasteiger partial charge is 0.480 e. The lowest BCUT2D eigenvalue weighted by Gasteiger charge is -2.25. The Labute approximate surface area is 216 Å². The lowest BCUT2D eigenvalue weighted by atomic mass is 10.0. The Morgan fingerprint density at radius 3 is 2.17 bits per heavy atom. The minimum Gasteiger partial charge on any atom is -0.480 e. The average Bonchev–Trinajstić information content (AvgIpc) is 3.33. The van der Waals surface area contributed by atoms with Crippen molar-refractivity contribution in [2.75, 3.05) is 18.6 Å². The van der Waals surface area contributed by atoms with Gasteiger partial charge >= 0.3 is 5.97 Å². The van der Waals surface area contributed by atoms with E-state index >= 15 is 0 Å². The van der Waals surface area contributed by atoms with Gasteiger partial charge in [-0.05, 0) is 56.6 Å². The third-order valence-electron chi connectivity index (χ3n) is 5.48. The summed E-state index contributed by atoms with van der Waals surface area (Å²) < 4.78 is 0. The molecule has 0 aliphatic heterocycles. The zero-order chi connectivity index (χ0) is 27.1. The van der Waals surface area contributed by atoms with E-state index in [1.807, 2.05) is 20.1 Å². The van der Waals surface area contributed by atoms with Crippen LogP contribution in [0.15, 0.2) is 12.5 Å². The highest BCUT2D eigenvalue weighted by molar-refractivity contribution is 7.98. The fourth-order valence-electron chi connectivity index (χ4n) is 3.51. The van der Waals surface area contributed by atoms with E-state index in [4.69, 9.17) is 11.5 Å². The number of nitrogens with two attached hydrogens (primary N) is 2. The average molecular weight is 528 g/mol. The number of nitrogens with zero attached hydrogens (tertiary/aromatic N) is 1. The SMILES string of the molecule is CSCCC(NC(=O)C(CCCCN)NC(=O)C(N)Cc1cnc[nH]1)C(=O)NC(CC(C)C)C(=O)O. The van der Waals surface area contributed by atoms with Crippen molar-refractivity contribution in [3.05, 3.63) is 18.2 Å². The van der Waals surface area contributed by atoms with E-state index in [0.717, 1.165) is 0 Å². The van der Waals surface area contributed by atoms with Crippen molar-refractivity contribution in [1.29, 1.82) is 0 Å². The molecule has 1 heterocycles. The summed E-state index contributed by atoms with van der Waals surface area (Å²) in [6.45, 7) is 4.16. The third kappa shape index (κ3) is 11.9. The smallest absolute Gasteiger partial charge is 0.326 e. The third-order valence-corrected chi connectivity index (χ3v) is 6.12. The Kier molecular flexibility index (Phi) is 14.8. The molecule has 0 aliphatic rings. The van der Waals surface area contributed by atoms with Gasteiger partial charge in [0.1, 0.15) is 18.1 Å². The van der Waals surface area contributed by atoms with Gasteiger partial charge in [-0.2, -0.15) is 11.8 Å². The molecule has 0 fully saturated rings. The van der Waals surface area contributed by atoms with Crippen LogP contribution in [-0.4, -0.2) is 81.5 Å². The lowest BCUT2D eigenvalue weighted by Crippen LogP contribution is -2.57. The number of carboxylic acid groups (broad SMARTS) is 1. The Balaban J connectivity index is 2.92. The number of amides is 3. The van der Waals surface area contributed by atoms with E-state index in [2.05, 4.69) is 25.9 Å². The number of nitrogens with one attached hydrogen (secondary N) is 4. The number of aliphatic carboxylic acids is 1. The van der Waals surface area contributed by atoms with Gasteiger partial charge in [-0.1, -0.05) is 13.8 Å². The summed E-state index contributed by atoms with van der Waals surface area (Å²) in [6.07, 6.45) is 7.25. The number of thioether (sulfide) groups is 1. The van der Waals surface area contributed by atoms with E-state index in [-0.39, 0.29) is 18.8 Å². The Hall–Kier alpha value is -2.64. The number of carbonyl (C=O) groups is 4. The van der Waals surface area contributed by atoms with Crippen LogP contribution in [0.1, 0.15) is 51.6 Å². The molecule has 1 aromatic heterocycles.